The number of H-pyrrole nitrogens is 1. The lowest BCUT2D eigenvalue weighted by atomic mass is 10.1. The number of rotatable bonds is 3. The van der Waals surface area contributed by atoms with E-state index in [0.717, 1.165) is 32.0 Å². The molecule has 0 saturated heterocycles. The summed E-state index contributed by atoms with van der Waals surface area (Å²) >= 11 is 1.65. The number of nitrogens with one attached hydrogen (secondary N) is 2. The first-order valence-corrected chi connectivity index (χ1v) is 9.16. The van der Waals surface area contributed by atoms with Crippen LogP contribution < -0.4 is 5.32 Å². The number of hydrogen-bond donors (Lipinski definition) is 2. The van der Waals surface area contributed by atoms with Crippen molar-refractivity contribution in [2.45, 2.75) is 0 Å². The Morgan fingerprint density at radius 1 is 0.889 bits per heavy atom. The van der Waals surface area contributed by atoms with E-state index in [1.54, 1.807) is 29.5 Å². The number of carbonyl (C=O) groups excluding carboxylic acids is 1. The molecule has 7 heteroatoms. The molecule has 0 radical (unpaired) electrons. The third-order valence-corrected chi connectivity index (χ3v) is 5.35. The van der Waals surface area contributed by atoms with Crippen molar-refractivity contribution in [3.05, 3.63) is 72.3 Å². The lowest BCUT2D eigenvalue weighted by molar-refractivity contribution is 0.102. The molecule has 6 nitrogen and oxygen atoms in total. The van der Waals surface area contributed by atoms with Crippen LogP contribution in [-0.2, 0) is 0 Å². The van der Waals surface area contributed by atoms with Gasteiger partial charge >= 0.3 is 0 Å². The van der Waals surface area contributed by atoms with E-state index in [1.165, 1.54) is 0 Å². The van der Waals surface area contributed by atoms with Crippen LogP contribution in [0.2, 0.25) is 0 Å². The maximum atomic E-state index is 12.5. The highest BCUT2D eigenvalue weighted by atomic mass is 32.1. The fourth-order valence-corrected chi connectivity index (χ4v) is 3.85. The van der Waals surface area contributed by atoms with Gasteiger partial charge in [0, 0.05) is 16.8 Å². The van der Waals surface area contributed by atoms with Crippen molar-refractivity contribution in [1.82, 2.24) is 20.4 Å². The minimum atomic E-state index is -0.187. The van der Waals surface area contributed by atoms with Gasteiger partial charge in [0.25, 0.3) is 5.91 Å². The molecule has 0 spiro atoms. The zero-order valence-electron chi connectivity index (χ0n) is 14.0. The second kappa shape index (κ2) is 6.30. The fourth-order valence-electron chi connectivity index (χ4n) is 2.88. The van der Waals surface area contributed by atoms with Gasteiger partial charge in [-0.3, -0.25) is 4.79 Å². The molecule has 2 heterocycles. The Labute approximate surface area is 157 Å². The highest BCUT2D eigenvalue weighted by molar-refractivity contribution is 7.21. The van der Waals surface area contributed by atoms with Gasteiger partial charge in [-0.2, -0.15) is 15.4 Å². The Morgan fingerprint density at radius 2 is 1.70 bits per heavy atom. The molecular weight excluding hydrogens is 358 g/mol. The van der Waals surface area contributed by atoms with E-state index >= 15 is 0 Å². The summed E-state index contributed by atoms with van der Waals surface area (Å²) in [5.41, 5.74) is 4.67. The van der Waals surface area contributed by atoms with Crippen LogP contribution in [0.5, 0.6) is 0 Å². The maximum Gasteiger partial charge on any atom is 0.255 e. The van der Waals surface area contributed by atoms with Crippen LogP contribution in [0.4, 0.5) is 5.69 Å². The lowest BCUT2D eigenvalue weighted by Gasteiger charge is -2.06. The largest absolute Gasteiger partial charge is 0.322 e. The summed E-state index contributed by atoms with van der Waals surface area (Å²) in [4.78, 5) is 17.1. The topological polar surface area (TPSA) is 83.6 Å². The number of para-hydroxylation sites is 1. The van der Waals surface area contributed by atoms with E-state index < -0.39 is 0 Å². The average Bonchev–Trinajstić information content (AvgIpc) is 3.34. The quantitative estimate of drug-likeness (QED) is 0.489. The zero-order chi connectivity index (χ0) is 18.2. The maximum absolute atomic E-state index is 12.5. The molecule has 0 aliphatic rings. The second-order valence-electron chi connectivity index (χ2n) is 6.05. The molecule has 2 aromatic heterocycles. The van der Waals surface area contributed by atoms with Crippen LogP contribution in [0, 0.1) is 0 Å². The second-order valence-corrected chi connectivity index (χ2v) is 7.08. The summed E-state index contributed by atoms with van der Waals surface area (Å²) in [7, 11) is 0. The van der Waals surface area contributed by atoms with Crippen molar-refractivity contribution in [2.75, 3.05) is 5.32 Å². The van der Waals surface area contributed by atoms with E-state index in [1.807, 2.05) is 42.5 Å². The Morgan fingerprint density at radius 3 is 2.56 bits per heavy atom. The molecule has 27 heavy (non-hydrogen) atoms. The number of amides is 1. The Balaban J connectivity index is 1.37. The van der Waals surface area contributed by atoms with E-state index in [0.29, 0.717) is 11.1 Å². The van der Waals surface area contributed by atoms with Crippen molar-refractivity contribution in [1.29, 1.82) is 0 Å². The summed E-state index contributed by atoms with van der Waals surface area (Å²) in [5, 5.41) is 14.4. The molecule has 0 saturated carbocycles. The predicted molar refractivity (Wildman–Crippen MR) is 107 cm³/mol. The average molecular weight is 371 g/mol. The molecule has 5 aromatic rings. The summed E-state index contributed by atoms with van der Waals surface area (Å²) < 4.78 is 1.16. The van der Waals surface area contributed by atoms with Crippen molar-refractivity contribution >= 4 is 44.2 Å². The summed E-state index contributed by atoms with van der Waals surface area (Å²) in [6, 6.07) is 21.0. The number of anilines is 1. The molecule has 0 bridgehead atoms. The lowest BCUT2D eigenvalue weighted by Crippen LogP contribution is -2.11. The van der Waals surface area contributed by atoms with Crippen molar-refractivity contribution in [2.24, 2.45) is 0 Å². The molecule has 1 amide bonds. The van der Waals surface area contributed by atoms with E-state index in [4.69, 9.17) is 0 Å². The van der Waals surface area contributed by atoms with Gasteiger partial charge in [-0.05, 0) is 54.6 Å². The smallest absolute Gasteiger partial charge is 0.255 e. The number of thiazole rings is 1. The van der Waals surface area contributed by atoms with Gasteiger partial charge in [0.1, 0.15) is 16.0 Å². The van der Waals surface area contributed by atoms with Gasteiger partial charge in [0.05, 0.1) is 10.2 Å². The van der Waals surface area contributed by atoms with Crippen molar-refractivity contribution < 1.29 is 4.79 Å². The molecule has 0 fully saturated rings. The zero-order valence-corrected chi connectivity index (χ0v) is 14.8. The monoisotopic (exact) mass is 371 g/mol. The molecule has 2 N–H and O–H groups in total. The van der Waals surface area contributed by atoms with Crippen molar-refractivity contribution in [3.8, 4) is 10.6 Å². The van der Waals surface area contributed by atoms with Crippen LogP contribution in [-0.4, -0.2) is 26.3 Å². The van der Waals surface area contributed by atoms with Crippen LogP contribution in [0.3, 0.4) is 0 Å². The molecule has 3 aromatic carbocycles. The number of benzene rings is 3. The van der Waals surface area contributed by atoms with Gasteiger partial charge in [-0.15, -0.1) is 11.3 Å². The first kappa shape index (κ1) is 15.7. The molecule has 0 aliphatic carbocycles. The number of hydrogen-bond acceptors (Lipinski definition) is 5. The van der Waals surface area contributed by atoms with Crippen LogP contribution in [0.25, 0.3) is 31.8 Å². The first-order chi connectivity index (χ1) is 13.3. The molecule has 0 aliphatic heterocycles. The Hall–Kier alpha value is -3.58. The summed E-state index contributed by atoms with van der Waals surface area (Å²) in [5.74, 6) is -0.187. The Kier molecular flexibility index (Phi) is 3.65. The summed E-state index contributed by atoms with van der Waals surface area (Å²) in [6.45, 7) is 0. The first-order valence-electron chi connectivity index (χ1n) is 8.34. The number of carbonyl (C=O) groups is 1. The molecule has 5 rings (SSSR count). The van der Waals surface area contributed by atoms with Gasteiger partial charge < -0.3 is 5.32 Å². The van der Waals surface area contributed by atoms with E-state index in [2.05, 4.69) is 31.8 Å². The number of aromatic nitrogens is 4. The number of nitrogens with zero attached hydrogens (tertiary/aromatic N) is 3. The van der Waals surface area contributed by atoms with E-state index in [9.17, 15) is 4.79 Å². The minimum Gasteiger partial charge on any atom is -0.322 e. The van der Waals surface area contributed by atoms with Gasteiger partial charge in [0.2, 0.25) is 0 Å². The molecule has 0 unspecified atom stereocenters. The van der Waals surface area contributed by atoms with Gasteiger partial charge in [-0.25, -0.2) is 4.98 Å². The normalized spacial score (nSPS) is 11.1. The van der Waals surface area contributed by atoms with Gasteiger partial charge in [-0.1, -0.05) is 12.1 Å². The third kappa shape index (κ3) is 2.94. The highest BCUT2D eigenvalue weighted by Gasteiger charge is 2.10. The third-order valence-electron chi connectivity index (χ3n) is 4.26. The fraction of sp³-hybridized carbons (Fsp3) is 0. The molecule has 130 valence electrons. The Bertz CT molecular complexity index is 1240. The SMILES string of the molecule is O=C(Nc1ccc(-c2nc3ccccc3s2)cc1)c1ccc2n[nH]nc2c1. The molecule has 0 atom stereocenters. The van der Waals surface area contributed by atoms with Crippen LogP contribution >= 0.6 is 11.3 Å². The number of fused-ring (bicyclic) bond motifs is 2. The highest BCUT2D eigenvalue weighted by Crippen LogP contribution is 2.30. The predicted octanol–water partition coefficient (Wildman–Crippen LogP) is 4.49. The minimum absolute atomic E-state index is 0.187. The van der Waals surface area contributed by atoms with Crippen LogP contribution in [0.15, 0.2) is 66.7 Å². The van der Waals surface area contributed by atoms with Gasteiger partial charge in [0.15, 0.2) is 0 Å². The standard InChI is InChI=1S/C20H13N5OS/c26-19(13-7-10-15-17(11-13)24-25-23-15)21-14-8-5-12(6-9-14)20-22-16-3-1-2-4-18(16)27-20/h1-11H,(H,21,26)(H,23,24,25). The number of aromatic amines is 1. The van der Waals surface area contributed by atoms with Crippen LogP contribution in [0.1, 0.15) is 10.4 Å². The molecular formula is C20H13N5OS. The summed E-state index contributed by atoms with van der Waals surface area (Å²) in [6.07, 6.45) is 0. The van der Waals surface area contributed by atoms with E-state index in [-0.39, 0.29) is 5.91 Å². The van der Waals surface area contributed by atoms with Crippen molar-refractivity contribution in [3.63, 3.8) is 0 Å².